The summed E-state index contributed by atoms with van der Waals surface area (Å²) < 4.78 is 13.0. The highest BCUT2D eigenvalue weighted by Crippen LogP contribution is 2.47. The Hall–Kier alpha value is -3.09. The minimum absolute atomic E-state index is 0.355. The molecule has 4 rings (SSSR count). The normalized spacial score (nSPS) is 18.1. The van der Waals surface area contributed by atoms with E-state index in [9.17, 15) is 9.59 Å². The average Bonchev–Trinajstić information content (AvgIpc) is 2.95. The van der Waals surface area contributed by atoms with Crippen LogP contribution in [0.3, 0.4) is 0 Å². The first-order valence-corrected chi connectivity index (χ1v) is 9.94. The molecule has 0 saturated heterocycles. The summed E-state index contributed by atoms with van der Waals surface area (Å²) >= 11 is 0. The number of hydrogen-bond donors (Lipinski definition) is 1. The molecule has 0 aliphatic carbocycles. The summed E-state index contributed by atoms with van der Waals surface area (Å²) in [4.78, 5) is 28.5. The number of aliphatic carboxylic acids is 1. The number of benzene rings is 1. The maximum atomic E-state index is 12.5. The summed E-state index contributed by atoms with van der Waals surface area (Å²) in [5.41, 5.74) is 3.46. The molecule has 2 aliphatic rings. The number of aliphatic imine (C=N–C) groups is 1. The van der Waals surface area contributed by atoms with Gasteiger partial charge in [-0.15, -0.1) is 0 Å². The van der Waals surface area contributed by atoms with E-state index in [-0.39, 0.29) is 23.2 Å². The smallest absolute Gasteiger partial charge is 0.323 e. The monoisotopic (exact) mass is 410 g/mol. The number of aromatic nitrogens is 1. The van der Waals surface area contributed by atoms with Crippen LogP contribution in [0.25, 0.3) is 0 Å². The van der Waals surface area contributed by atoms with E-state index in [4.69, 9.17) is 19.6 Å². The van der Waals surface area contributed by atoms with Crippen molar-refractivity contribution in [3.05, 3.63) is 57.0 Å². The Labute approximate surface area is 175 Å². The van der Waals surface area contributed by atoms with Gasteiger partial charge in [-0.1, -0.05) is 0 Å². The largest absolute Gasteiger partial charge is 0.493 e. The molecule has 0 fully saturated rings. The summed E-state index contributed by atoms with van der Waals surface area (Å²) in [7, 11) is 1.64. The molecule has 0 saturated carbocycles. The van der Waals surface area contributed by atoms with Crippen molar-refractivity contribution < 1.29 is 19.4 Å². The Balaban J connectivity index is 1.92. The summed E-state index contributed by atoms with van der Waals surface area (Å²) in [5.74, 6) is 0.381. The van der Waals surface area contributed by atoms with Gasteiger partial charge >= 0.3 is 5.97 Å². The summed E-state index contributed by atoms with van der Waals surface area (Å²) in [6.07, 6.45) is 2.96. The van der Waals surface area contributed by atoms with E-state index in [1.165, 1.54) is 16.8 Å². The van der Waals surface area contributed by atoms with Gasteiger partial charge in [0.15, 0.2) is 11.5 Å². The van der Waals surface area contributed by atoms with Gasteiger partial charge in [-0.05, 0) is 51.8 Å². The van der Waals surface area contributed by atoms with Crippen LogP contribution in [-0.4, -0.2) is 39.6 Å². The number of fused-ring (bicyclic) bond motifs is 3. The van der Waals surface area contributed by atoms with Crippen LogP contribution in [0.2, 0.25) is 0 Å². The first-order valence-electron chi connectivity index (χ1n) is 9.94. The van der Waals surface area contributed by atoms with Gasteiger partial charge in [-0.3, -0.25) is 14.6 Å². The van der Waals surface area contributed by atoms with Crippen LogP contribution in [0.4, 0.5) is 0 Å². The van der Waals surface area contributed by atoms with Gasteiger partial charge in [-0.2, -0.15) is 0 Å². The first-order chi connectivity index (χ1) is 14.0. The van der Waals surface area contributed by atoms with E-state index in [0.717, 1.165) is 34.6 Å². The van der Waals surface area contributed by atoms with Crippen molar-refractivity contribution >= 4 is 11.7 Å². The zero-order valence-corrected chi connectivity index (χ0v) is 17.9. The van der Waals surface area contributed by atoms with E-state index in [0.29, 0.717) is 17.7 Å². The van der Waals surface area contributed by atoms with Crippen LogP contribution in [0.15, 0.2) is 34.2 Å². The predicted octanol–water partition coefficient (Wildman–Crippen LogP) is 2.83. The van der Waals surface area contributed by atoms with Crippen molar-refractivity contribution in [2.45, 2.75) is 58.2 Å². The zero-order chi connectivity index (χ0) is 21.8. The molecule has 2 aromatic rings. The second-order valence-electron chi connectivity index (χ2n) is 9.18. The summed E-state index contributed by atoms with van der Waals surface area (Å²) in [5, 5.41) is 9.00. The van der Waals surface area contributed by atoms with Crippen molar-refractivity contribution in [2.75, 3.05) is 7.11 Å². The average molecular weight is 410 g/mol. The first kappa shape index (κ1) is 20.2. The Morgan fingerprint density at radius 2 is 2.00 bits per heavy atom. The molecular weight excluding hydrogens is 384 g/mol. The van der Waals surface area contributed by atoms with Gasteiger partial charge in [0, 0.05) is 35.4 Å². The predicted molar refractivity (Wildman–Crippen MR) is 113 cm³/mol. The highest BCUT2D eigenvalue weighted by atomic mass is 16.5. The fourth-order valence-electron chi connectivity index (χ4n) is 4.36. The molecule has 2 aliphatic heterocycles. The standard InChI is InChI=1S/C23H26N2O5/c1-22(2)10-14-8-16(29-5)21-15(11-23(3,4)30-21)19(14)20(24-22)13-6-7-25(12-18(27)28)17(26)9-13/h6-9H,10-12H2,1-5H3,(H,27,28). The number of carboxylic acids is 1. The lowest BCUT2D eigenvalue weighted by Crippen LogP contribution is -2.32. The third-order valence-electron chi connectivity index (χ3n) is 5.48. The quantitative estimate of drug-likeness (QED) is 0.837. The third kappa shape index (κ3) is 3.49. The fourth-order valence-corrected chi connectivity index (χ4v) is 4.36. The highest BCUT2D eigenvalue weighted by molar-refractivity contribution is 6.16. The maximum absolute atomic E-state index is 12.5. The van der Waals surface area contributed by atoms with Crippen LogP contribution < -0.4 is 15.0 Å². The molecule has 1 aromatic heterocycles. The number of nitrogens with zero attached hydrogens (tertiary/aromatic N) is 2. The lowest BCUT2D eigenvalue weighted by molar-refractivity contribution is -0.137. The number of carbonyl (C=O) groups is 1. The molecule has 7 nitrogen and oxygen atoms in total. The number of hydrogen-bond acceptors (Lipinski definition) is 5. The lowest BCUT2D eigenvalue weighted by Gasteiger charge is -2.31. The molecule has 0 atom stereocenters. The van der Waals surface area contributed by atoms with Gasteiger partial charge < -0.3 is 19.1 Å². The minimum Gasteiger partial charge on any atom is -0.493 e. The highest BCUT2D eigenvalue weighted by Gasteiger charge is 2.39. The maximum Gasteiger partial charge on any atom is 0.323 e. The molecule has 1 N–H and O–H groups in total. The van der Waals surface area contributed by atoms with Gasteiger partial charge in [-0.25, -0.2) is 0 Å². The molecule has 1 aromatic carbocycles. The third-order valence-corrected chi connectivity index (χ3v) is 5.48. The van der Waals surface area contributed by atoms with Crippen molar-refractivity contribution in [3.8, 4) is 11.5 Å². The second-order valence-corrected chi connectivity index (χ2v) is 9.18. The van der Waals surface area contributed by atoms with Crippen LogP contribution in [0.1, 0.15) is 49.9 Å². The van der Waals surface area contributed by atoms with Crippen LogP contribution in [0, 0.1) is 0 Å². The van der Waals surface area contributed by atoms with E-state index in [2.05, 4.69) is 13.8 Å². The van der Waals surface area contributed by atoms with Gasteiger partial charge in [0.2, 0.25) is 0 Å². The summed E-state index contributed by atoms with van der Waals surface area (Å²) in [6, 6.07) is 5.23. The number of rotatable bonds is 4. The van der Waals surface area contributed by atoms with Crippen molar-refractivity contribution in [1.82, 2.24) is 4.57 Å². The van der Waals surface area contributed by atoms with Gasteiger partial charge in [0.25, 0.3) is 5.56 Å². The van der Waals surface area contributed by atoms with Crippen molar-refractivity contribution in [3.63, 3.8) is 0 Å². The Bertz CT molecular complexity index is 1140. The summed E-state index contributed by atoms with van der Waals surface area (Å²) in [6.45, 7) is 7.82. The number of carboxylic acid groups (broad SMARTS) is 1. The van der Waals surface area contributed by atoms with E-state index in [1.807, 2.05) is 19.9 Å². The topological polar surface area (TPSA) is 90.1 Å². The van der Waals surface area contributed by atoms with Gasteiger partial charge in [0.05, 0.1) is 18.4 Å². The van der Waals surface area contributed by atoms with Crippen LogP contribution in [0.5, 0.6) is 11.5 Å². The Morgan fingerprint density at radius 3 is 2.63 bits per heavy atom. The van der Waals surface area contributed by atoms with E-state index in [1.54, 1.807) is 13.2 Å². The molecule has 0 unspecified atom stereocenters. The molecule has 3 heterocycles. The molecule has 0 amide bonds. The fraction of sp³-hybridized carbons (Fsp3) is 0.435. The van der Waals surface area contributed by atoms with E-state index < -0.39 is 5.97 Å². The molecule has 0 spiro atoms. The lowest BCUT2D eigenvalue weighted by atomic mass is 9.81. The molecule has 0 radical (unpaired) electrons. The van der Waals surface area contributed by atoms with Crippen LogP contribution in [-0.2, 0) is 24.2 Å². The number of ether oxygens (including phenoxy) is 2. The SMILES string of the molecule is COc1cc2c(c3c1OC(C)(C)C3)C(c1ccn(CC(=O)O)c(=O)c1)=NC(C)(C)C2. The van der Waals surface area contributed by atoms with Crippen LogP contribution >= 0.6 is 0 Å². The van der Waals surface area contributed by atoms with Crippen molar-refractivity contribution in [2.24, 2.45) is 4.99 Å². The Morgan fingerprint density at radius 1 is 1.27 bits per heavy atom. The molecular formula is C23H26N2O5. The molecule has 30 heavy (non-hydrogen) atoms. The molecule has 158 valence electrons. The van der Waals surface area contributed by atoms with Gasteiger partial charge in [0.1, 0.15) is 12.1 Å². The molecule has 7 heteroatoms. The van der Waals surface area contributed by atoms with Crippen molar-refractivity contribution in [1.29, 1.82) is 0 Å². The minimum atomic E-state index is -1.06. The zero-order valence-electron chi connectivity index (χ0n) is 17.9. The second kappa shape index (κ2) is 6.72. The van der Waals surface area contributed by atoms with E-state index >= 15 is 0 Å². The number of pyridine rings is 1. The Kier molecular flexibility index (Phi) is 4.52. The number of methoxy groups -OCH3 is 1. The molecule has 0 bridgehead atoms.